The highest BCUT2D eigenvalue weighted by Gasteiger charge is 2.29. The molecule has 0 spiro atoms. The molecule has 1 saturated carbocycles. The van der Waals surface area contributed by atoms with Crippen LogP contribution in [0.5, 0.6) is 0 Å². The summed E-state index contributed by atoms with van der Waals surface area (Å²) in [6.45, 7) is 4.02. The van der Waals surface area contributed by atoms with E-state index in [-0.39, 0.29) is 12.1 Å². The Balaban J connectivity index is 2.36. The molecular formula is C10H15BrN2O. The number of aliphatic hydroxyl groups is 1. The van der Waals surface area contributed by atoms with Gasteiger partial charge in [-0.1, -0.05) is 0 Å². The zero-order valence-electron chi connectivity index (χ0n) is 8.50. The normalized spacial score (nSPS) is 27.1. The number of aryl methyl sites for hydroxylation is 1. The summed E-state index contributed by atoms with van der Waals surface area (Å²) in [5.41, 5.74) is 2.12. The third kappa shape index (κ3) is 1.50. The molecule has 1 aromatic rings. The third-order valence-corrected chi connectivity index (χ3v) is 4.14. The van der Waals surface area contributed by atoms with Gasteiger partial charge in [-0.15, -0.1) is 0 Å². The summed E-state index contributed by atoms with van der Waals surface area (Å²) in [4.78, 5) is 0. The zero-order chi connectivity index (χ0) is 10.3. The molecule has 0 radical (unpaired) electrons. The van der Waals surface area contributed by atoms with Crippen molar-refractivity contribution in [1.82, 2.24) is 9.78 Å². The summed E-state index contributed by atoms with van der Waals surface area (Å²) in [6.07, 6.45) is 2.82. The van der Waals surface area contributed by atoms with Crippen LogP contribution in [0.3, 0.4) is 0 Å². The Morgan fingerprint density at radius 2 is 2.14 bits per heavy atom. The molecule has 1 aromatic heterocycles. The standard InChI is InChI=1S/C10H15BrN2O/c1-6-10(11)7(2)13(12-6)8-4-3-5-9(8)14/h8-9,14H,3-5H2,1-2H3/t8-,9-/m0/s1. The SMILES string of the molecule is Cc1nn([C@H]2CCC[C@@H]2O)c(C)c1Br. The van der Waals surface area contributed by atoms with E-state index in [2.05, 4.69) is 21.0 Å². The summed E-state index contributed by atoms with van der Waals surface area (Å²) in [7, 11) is 0. The molecule has 1 heterocycles. The van der Waals surface area contributed by atoms with Crippen LogP contribution < -0.4 is 0 Å². The Bertz CT molecular complexity index is 348. The first-order valence-corrected chi connectivity index (χ1v) is 5.80. The Morgan fingerprint density at radius 3 is 2.57 bits per heavy atom. The molecule has 0 amide bonds. The van der Waals surface area contributed by atoms with Crippen molar-refractivity contribution in [1.29, 1.82) is 0 Å². The van der Waals surface area contributed by atoms with Gasteiger partial charge in [0.05, 0.1) is 28.0 Å². The number of rotatable bonds is 1. The zero-order valence-corrected chi connectivity index (χ0v) is 10.1. The second-order valence-corrected chi connectivity index (χ2v) is 4.79. The van der Waals surface area contributed by atoms with Gasteiger partial charge in [0, 0.05) is 0 Å². The van der Waals surface area contributed by atoms with E-state index < -0.39 is 0 Å². The molecule has 1 fully saturated rings. The molecule has 0 bridgehead atoms. The van der Waals surface area contributed by atoms with Crippen molar-refractivity contribution < 1.29 is 5.11 Å². The maximum absolute atomic E-state index is 9.79. The van der Waals surface area contributed by atoms with Gasteiger partial charge in [-0.05, 0) is 49.0 Å². The van der Waals surface area contributed by atoms with E-state index in [0.717, 1.165) is 35.1 Å². The first-order chi connectivity index (χ1) is 6.61. The van der Waals surface area contributed by atoms with E-state index in [1.807, 2.05) is 18.5 Å². The molecule has 2 atom stereocenters. The fourth-order valence-electron chi connectivity index (χ4n) is 2.17. The topological polar surface area (TPSA) is 38.0 Å². The second-order valence-electron chi connectivity index (χ2n) is 3.99. The molecule has 1 N–H and O–H groups in total. The summed E-state index contributed by atoms with van der Waals surface area (Å²) in [6, 6.07) is 0.181. The van der Waals surface area contributed by atoms with Gasteiger partial charge in [0.2, 0.25) is 0 Å². The molecule has 4 heteroatoms. The molecule has 3 nitrogen and oxygen atoms in total. The predicted octanol–water partition coefficient (Wildman–Crippen LogP) is 2.35. The van der Waals surface area contributed by atoms with Gasteiger partial charge in [-0.2, -0.15) is 5.10 Å². The number of nitrogens with zero attached hydrogens (tertiary/aromatic N) is 2. The number of aromatic nitrogens is 2. The van der Waals surface area contributed by atoms with Crippen LogP contribution in [0.25, 0.3) is 0 Å². The van der Waals surface area contributed by atoms with Crippen molar-refractivity contribution in [3.05, 3.63) is 15.9 Å². The highest BCUT2D eigenvalue weighted by atomic mass is 79.9. The van der Waals surface area contributed by atoms with Crippen molar-refractivity contribution >= 4 is 15.9 Å². The molecule has 0 unspecified atom stereocenters. The first-order valence-electron chi connectivity index (χ1n) is 5.00. The summed E-state index contributed by atoms with van der Waals surface area (Å²) < 4.78 is 3.04. The minimum Gasteiger partial charge on any atom is -0.391 e. The van der Waals surface area contributed by atoms with Crippen LogP contribution in [0.15, 0.2) is 4.47 Å². The van der Waals surface area contributed by atoms with Crippen LogP contribution in [0.1, 0.15) is 36.7 Å². The largest absolute Gasteiger partial charge is 0.391 e. The lowest BCUT2D eigenvalue weighted by Gasteiger charge is -2.16. The Morgan fingerprint density at radius 1 is 1.43 bits per heavy atom. The fourth-order valence-corrected chi connectivity index (χ4v) is 2.43. The van der Waals surface area contributed by atoms with Crippen LogP contribution in [0.4, 0.5) is 0 Å². The average Bonchev–Trinajstić information content (AvgIpc) is 2.66. The Kier molecular flexibility index (Phi) is 2.66. The van der Waals surface area contributed by atoms with Gasteiger partial charge in [0.15, 0.2) is 0 Å². The predicted molar refractivity (Wildman–Crippen MR) is 58.3 cm³/mol. The van der Waals surface area contributed by atoms with Crippen molar-refractivity contribution in [2.45, 2.75) is 45.3 Å². The summed E-state index contributed by atoms with van der Waals surface area (Å²) in [5, 5.41) is 14.2. The molecule has 0 aliphatic heterocycles. The lowest BCUT2D eigenvalue weighted by molar-refractivity contribution is 0.129. The van der Waals surface area contributed by atoms with Crippen molar-refractivity contribution in [3.63, 3.8) is 0 Å². The monoisotopic (exact) mass is 258 g/mol. The van der Waals surface area contributed by atoms with Gasteiger partial charge < -0.3 is 5.11 Å². The van der Waals surface area contributed by atoms with Crippen LogP contribution >= 0.6 is 15.9 Å². The Labute approximate surface area is 92.2 Å². The van der Waals surface area contributed by atoms with Crippen molar-refractivity contribution in [2.75, 3.05) is 0 Å². The summed E-state index contributed by atoms with van der Waals surface area (Å²) in [5.74, 6) is 0. The fraction of sp³-hybridized carbons (Fsp3) is 0.700. The maximum atomic E-state index is 9.79. The van der Waals surface area contributed by atoms with Crippen LogP contribution in [-0.2, 0) is 0 Å². The highest BCUT2D eigenvalue weighted by Crippen LogP contribution is 2.33. The van der Waals surface area contributed by atoms with Gasteiger partial charge in [0.25, 0.3) is 0 Å². The number of hydrogen-bond donors (Lipinski definition) is 1. The minimum atomic E-state index is -0.222. The number of hydrogen-bond acceptors (Lipinski definition) is 2. The van der Waals surface area contributed by atoms with E-state index in [9.17, 15) is 5.11 Å². The maximum Gasteiger partial charge on any atom is 0.0781 e. The van der Waals surface area contributed by atoms with E-state index in [0.29, 0.717) is 0 Å². The molecule has 78 valence electrons. The minimum absolute atomic E-state index is 0.181. The average molecular weight is 259 g/mol. The van der Waals surface area contributed by atoms with E-state index in [1.54, 1.807) is 0 Å². The molecule has 1 aliphatic carbocycles. The van der Waals surface area contributed by atoms with Crippen molar-refractivity contribution in [3.8, 4) is 0 Å². The quantitative estimate of drug-likeness (QED) is 0.840. The Hall–Kier alpha value is -0.350. The van der Waals surface area contributed by atoms with E-state index >= 15 is 0 Å². The number of halogens is 1. The van der Waals surface area contributed by atoms with E-state index in [4.69, 9.17) is 0 Å². The van der Waals surface area contributed by atoms with Crippen LogP contribution in [-0.4, -0.2) is 21.0 Å². The smallest absolute Gasteiger partial charge is 0.0781 e. The molecule has 2 rings (SSSR count). The van der Waals surface area contributed by atoms with Gasteiger partial charge in [0.1, 0.15) is 0 Å². The molecule has 14 heavy (non-hydrogen) atoms. The molecule has 0 aromatic carbocycles. The number of aliphatic hydroxyl groups excluding tert-OH is 1. The van der Waals surface area contributed by atoms with Crippen LogP contribution in [0, 0.1) is 13.8 Å². The van der Waals surface area contributed by atoms with E-state index in [1.165, 1.54) is 0 Å². The first kappa shape index (κ1) is 10.2. The molecule has 0 saturated heterocycles. The van der Waals surface area contributed by atoms with Gasteiger partial charge in [-0.25, -0.2) is 0 Å². The van der Waals surface area contributed by atoms with Crippen molar-refractivity contribution in [2.24, 2.45) is 0 Å². The third-order valence-electron chi connectivity index (χ3n) is 2.99. The van der Waals surface area contributed by atoms with Crippen LogP contribution in [0.2, 0.25) is 0 Å². The van der Waals surface area contributed by atoms with Gasteiger partial charge in [-0.3, -0.25) is 4.68 Å². The molecular weight excluding hydrogens is 244 g/mol. The molecule has 1 aliphatic rings. The summed E-state index contributed by atoms with van der Waals surface area (Å²) >= 11 is 3.50. The van der Waals surface area contributed by atoms with Gasteiger partial charge >= 0.3 is 0 Å². The lowest BCUT2D eigenvalue weighted by atomic mass is 10.2. The highest BCUT2D eigenvalue weighted by molar-refractivity contribution is 9.10. The lowest BCUT2D eigenvalue weighted by Crippen LogP contribution is -2.20. The second kappa shape index (κ2) is 3.66.